The normalized spacial score (nSPS) is 18.3. The van der Waals surface area contributed by atoms with Gasteiger partial charge in [0.05, 0.1) is 0 Å². The molecule has 0 bridgehead atoms. The van der Waals surface area contributed by atoms with Crippen molar-refractivity contribution in [2.75, 3.05) is 39.8 Å². The summed E-state index contributed by atoms with van der Waals surface area (Å²) >= 11 is 0. The number of nitrogens with zero attached hydrogens (tertiary/aromatic N) is 2. The van der Waals surface area contributed by atoms with Crippen molar-refractivity contribution < 1.29 is 14.7 Å². The second kappa shape index (κ2) is 9.40. The van der Waals surface area contributed by atoms with Crippen LogP contribution < -0.4 is 11.1 Å². The first kappa shape index (κ1) is 22.5. The van der Waals surface area contributed by atoms with E-state index in [1.54, 1.807) is 9.80 Å². The van der Waals surface area contributed by atoms with Gasteiger partial charge < -0.3 is 26.0 Å². The molecule has 1 aliphatic carbocycles. The summed E-state index contributed by atoms with van der Waals surface area (Å²) in [4.78, 5) is 28.6. The molecule has 2 aromatic rings. The zero-order valence-corrected chi connectivity index (χ0v) is 18.6. The van der Waals surface area contributed by atoms with Gasteiger partial charge in [-0.1, -0.05) is 36.4 Å². The second-order valence-corrected chi connectivity index (χ2v) is 8.73. The molecule has 2 fully saturated rings. The predicted molar refractivity (Wildman–Crippen MR) is 124 cm³/mol. The number of aliphatic hydroxyl groups is 1. The highest BCUT2D eigenvalue weighted by Gasteiger charge is 2.50. The molecule has 32 heavy (non-hydrogen) atoms. The maximum atomic E-state index is 12.9. The molecule has 1 unspecified atom stereocenters. The first-order valence-corrected chi connectivity index (χ1v) is 11.3. The van der Waals surface area contributed by atoms with Crippen LogP contribution in [-0.2, 0) is 4.79 Å². The van der Waals surface area contributed by atoms with Crippen LogP contribution >= 0.6 is 0 Å². The van der Waals surface area contributed by atoms with Crippen LogP contribution in [0.5, 0.6) is 0 Å². The highest BCUT2D eigenvalue weighted by molar-refractivity contribution is 5.95. The Kier molecular flexibility index (Phi) is 6.60. The highest BCUT2D eigenvalue weighted by Crippen LogP contribution is 2.37. The summed E-state index contributed by atoms with van der Waals surface area (Å²) in [5.74, 6) is -0.216. The molecule has 7 nitrogen and oxygen atoms in total. The number of rotatable bonds is 7. The molecule has 2 aromatic carbocycles. The Hall–Kier alpha value is -2.74. The number of benzene rings is 2. The van der Waals surface area contributed by atoms with Gasteiger partial charge >= 0.3 is 0 Å². The minimum absolute atomic E-state index is 0.0252. The van der Waals surface area contributed by atoms with E-state index >= 15 is 0 Å². The molecule has 2 aliphatic rings. The molecule has 0 aromatic heterocycles. The minimum atomic E-state index is -1.14. The van der Waals surface area contributed by atoms with Gasteiger partial charge in [0.15, 0.2) is 0 Å². The van der Waals surface area contributed by atoms with E-state index in [0.29, 0.717) is 51.1 Å². The van der Waals surface area contributed by atoms with Crippen molar-refractivity contribution in [1.82, 2.24) is 15.1 Å². The van der Waals surface area contributed by atoms with E-state index in [2.05, 4.69) is 29.6 Å². The number of nitrogens with one attached hydrogen (secondary N) is 1. The molecule has 0 spiro atoms. The van der Waals surface area contributed by atoms with Gasteiger partial charge in [0, 0.05) is 37.8 Å². The lowest BCUT2D eigenvalue weighted by Crippen LogP contribution is -2.53. The maximum Gasteiger partial charge on any atom is 0.254 e. The number of piperazine rings is 1. The predicted octanol–water partition coefficient (Wildman–Crippen LogP) is 1.77. The number of hydrogen-bond donors (Lipinski definition) is 3. The lowest BCUT2D eigenvalue weighted by atomic mass is 9.98. The molecule has 2 amide bonds. The number of carbonyl (C=O) groups is 2. The zero-order chi connectivity index (χ0) is 22.7. The van der Waals surface area contributed by atoms with Crippen molar-refractivity contribution in [2.45, 2.75) is 30.9 Å². The summed E-state index contributed by atoms with van der Waals surface area (Å²) in [5, 5.41) is 13.3. The third kappa shape index (κ3) is 4.70. The fraction of sp³-hybridized carbons (Fsp3) is 0.440. The lowest BCUT2D eigenvalue weighted by molar-refractivity contribution is -0.143. The van der Waals surface area contributed by atoms with Crippen LogP contribution in [0.4, 0.5) is 0 Å². The third-order valence-electron chi connectivity index (χ3n) is 6.56. The van der Waals surface area contributed by atoms with E-state index in [1.807, 2.05) is 31.3 Å². The fourth-order valence-electron chi connectivity index (χ4n) is 4.28. The van der Waals surface area contributed by atoms with Gasteiger partial charge in [0.2, 0.25) is 0 Å². The van der Waals surface area contributed by atoms with E-state index in [4.69, 9.17) is 5.73 Å². The minimum Gasteiger partial charge on any atom is -0.380 e. The van der Waals surface area contributed by atoms with E-state index < -0.39 is 5.60 Å². The molecule has 1 atom stereocenters. The average Bonchev–Trinajstić information content (AvgIpc) is 3.60. The Bertz CT molecular complexity index is 946. The Labute approximate surface area is 189 Å². The molecule has 4 rings (SSSR count). The molecule has 1 saturated heterocycles. The summed E-state index contributed by atoms with van der Waals surface area (Å²) in [5.41, 5.74) is 8.56. The quantitative estimate of drug-likeness (QED) is 0.615. The summed E-state index contributed by atoms with van der Waals surface area (Å²) in [6.45, 7) is 2.54. The van der Waals surface area contributed by atoms with Gasteiger partial charge in [-0.3, -0.25) is 9.59 Å². The molecule has 1 aliphatic heterocycles. The summed E-state index contributed by atoms with van der Waals surface area (Å²) < 4.78 is 0. The molecule has 0 radical (unpaired) electrons. The topological polar surface area (TPSA) is 98.9 Å². The molecule has 4 N–H and O–H groups in total. The van der Waals surface area contributed by atoms with Crippen molar-refractivity contribution in [2.24, 2.45) is 5.73 Å². The van der Waals surface area contributed by atoms with E-state index in [0.717, 1.165) is 17.5 Å². The Morgan fingerprint density at radius 3 is 2.00 bits per heavy atom. The summed E-state index contributed by atoms with van der Waals surface area (Å²) in [6, 6.07) is 16.3. The molecular weight excluding hydrogens is 404 g/mol. The molecule has 7 heteroatoms. The molecule has 1 saturated carbocycles. The fourth-order valence-corrected chi connectivity index (χ4v) is 4.28. The Balaban J connectivity index is 1.36. The monoisotopic (exact) mass is 436 g/mol. The molecule has 1 heterocycles. The van der Waals surface area contributed by atoms with Crippen LogP contribution in [0.2, 0.25) is 0 Å². The number of amides is 2. The Morgan fingerprint density at radius 2 is 1.50 bits per heavy atom. The van der Waals surface area contributed by atoms with E-state index in [1.165, 1.54) is 5.56 Å². The van der Waals surface area contributed by atoms with Gasteiger partial charge in [0.25, 0.3) is 11.8 Å². The zero-order valence-electron chi connectivity index (χ0n) is 18.6. The summed E-state index contributed by atoms with van der Waals surface area (Å²) in [7, 11) is 1.94. The van der Waals surface area contributed by atoms with Crippen LogP contribution in [0.15, 0.2) is 48.5 Å². The first-order valence-electron chi connectivity index (χ1n) is 11.3. The number of carbonyl (C=O) groups excluding carboxylic acids is 2. The van der Waals surface area contributed by atoms with Gasteiger partial charge in [-0.2, -0.15) is 0 Å². The molecule has 170 valence electrons. The SMILES string of the molecule is CNC(CCN)c1ccc(-c2ccc(C(=O)N3CCN(C(=O)C4(O)CC4)CC3)cc2)cc1. The van der Waals surface area contributed by atoms with Gasteiger partial charge in [0.1, 0.15) is 5.60 Å². The van der Waals surface area contributed by atoms with Crippen LogP contribution in [0.1, 0.15) is 41.2 Å². The van der Waals surface area contributed by atoms with Gasteiger partial charge in [-0.05, 0) is 61.7 Å². The van der Waals surface area contributed by atoms with Crippen molar-refractivity contribution in [3.63, 3.8) is 0 Å². The van der Waals surface area contributed by atoms with Crippen molar-refractivity contribution in [1.29, 1.82) is 0 Å². The van der Waals surface area contributed by atoms with E-state index in [-0.39, 0.29) is 17.9 Å². The second-order valence-electron chi connectivity index (χ2n) is 8.73. The van der Waals surface area contributed by atoms with Crippen molar-refractivity contribution in [3.8, 4) is 11.1 Å². The maximum absolute atomic E-state index is 12.9. The lowest BCUT2D eigenvalue weighted by Gasteiger charge is -2.35. The largest absolute Gasteiger partial charge is 0.380 e. The number of hydrogen-bond acceptors (Lipinski definition) is 5. The van der Waals surface area contributed by atoms with Crippen molar-refractivity contribution in [3.05, 3.63) is 59.7 Å². The van der Waals surface area contributed by atoms with E-state index in [9.17, 15) is 14.7 Å². The Morgan fingerprint density at radius 1 is 0.969 bits per heavy atom. The smallest absolute Gasteiger partial charge is 0.254 e. The third-order valence-corrected chi connectivity index (χ3v) is 6.56. The molecular formula is C25H32N4O3. The van der Waals surface area contributed by atoms with Crippen molar-refractivity contribution >= 4 is 11.8 Å². The first-order chi connectivity index (χ1) is 15.4. The summed E-state index contributed by atoms with van der Waals surface area (Å²) in [6.07, 6.45) is 1.98. The van der Waals surface area contributed by atoms with Crippen LogP contribution in [0.3, 0.4) is 0 Å². The average molecular weight is 437 g/mol. The highest BCUT2D eigenvalue weighted by atomic mass is 16.3. The standard InChI is InChI=1S/C25H32N4O3/c1-27-22(10-13-26)20-6-2-18(3-7-20)19-4-8-21(9-5-19)23(30)28-14-16-29(17-15-28)24(31)25(32)11-12-25/h2-9,22,27,32H,10-17,26H2,1H3. The van der Waals surface area contributed by atoms with Gasteiger partial charge in [-0.15, -0.1) is 0 Å². The van der Waals surface area contributed by atoms with Gasteiger partial charge in [-0.25, -0.2) is 0 Å². The van der Waals surface area contributed by atoms with Crippen LogP contribution in [0, 0.1) is 0 Å². The van der Waals surface area contributed by atoms with Crippen LogP contribution in [0.25, 0.3) is 11.1 Å². The van der Waals surface area contributed by atoms with Crippen LogP contribution in [-0.4, -0.2) is 72.1 Å². The number of nitrogens with two attached hydrogens (primary N) is 1.